The zero-order valence-electron chi connectivity index (χ0n) is 13.7. The maximum Gasteiger partial charge on any atom is 0.315 e. The fourth-order valence-corrected chi connectivity index (χ4v) is 2.24. The Morgan fingerprint density at radius 3 is 2.54 bits per heavy atom. The average Bonchev–Trinajstić information content (AvgIpc) is 3.12. The molecular formula is C18H23N3O3. The van der Waals surface area contributed by atoms with Gasteiger partial charge in [0, 0.05) is 6.54 Å². The molecule has 0 fully saturated rings. The van der Waals surface area contributed by atoms with Crippen molar-refractivity contribution in [3.63, 3.8) is 0 Å². The number of furan rings is 1. The van der Waals surface area contributed by atoms with E-state index in [4.69, 9.17) is 4.42 Å². The van der Waals surface area contributed by atoms with E-state index in [1.807, 2.05) is 18.2 Å². The quantitative estimate of drug-likeness (QED) is 0.695. The van der Waals surface area contributed by atoms with Crippen molar-refractivity contribution in [2.75, 3.05) is 13.1 Å². The Morgan fingerprint density at radius 2 is 1.83 bits per heavy atom. The zero-order chi connectivity index (χ0) is 17.2. The Kier molecular flexibility index (Phi) is 6.89. The molecular weight excluding hydrogens is 306 g/mol. The van der Waals surface area contributed by atoms with Gasteiger partial charge in [0.05, 0.1) is 19.4 Å². The van der Waals surface area contributed by atoms with E-state index in [2.05, 4.69) is 35.0 Å². The first-order valence-electron chi connectivity index (χ1n) is 8.01. The molecule has 2 rings (SSSR count). The SMILES string of the molecule is C[C@@H](CCNC(=O)CNC(=O)NCc1ccco1)c1ccccc1. The number of carbonyl (C=O) groups is 2. The van der Waals surface area contributed by atoms with Crippen LogP contribution in [0, 0.1) is 0 Å². The lowest BCUT2D eigenvalue weighted by molar-refractivity contribution is -0.120. The zero-order valence-corrected chi connectivity index (χ0v) is 13.7. The van der Waals surface area contributed by atoms with Crippen LogP contribution in [0.5, 0.6) is 0 Å². The molecule has 0 aliphatic heterocycles. The van der Waals surface area contributed by atoms with Crippen LogP contribution in [0.15, 0.2) is 53.1 Å². The molecule has 1 heterocycles. The third-order valence-corrected chi connectivity index (χ3v) is 3.68. The highest BCUT2D eigenvalue weighted by atomic mass is 16.3. The molecule has 0 unspecified atom stereocenters. The van der Waals surface area contributed by atoms with Gasteiger partial charge in [0.1, 0.15) is 5.76 Å². The predicted molar refractivity (Wildman–Crippen MR) is 91.4 cm³/mol. The molecule has 3 N–H and O–H groups in total. The van der Waals surface area contributed by atoms with Gasteiger partial charge in [0.25, 0.3) is 0 Å². The Bertz CT molecular complexity index is 626. The van der Waals surface area contributed by atoms with Crippen LogP contribution in [0.1, 0.15) is 30.6 Å². The number of nitrogens with one attached hydrogen (secondary N) is 3. The maximum absolute atomic E-state index is 11.7. The van der Waals surface area contributed by atoms with Crippen LogP contribution < -0.4 is 16.0 Å². The van der Waals surface area contributed by atoms with E-state index in [1.165, 1.54) is 5.56 Å². The van der Waals surface area contributed by atoms with Gasteiger partial charge in [-0.3, -0.25) is 4.79 Å². The molecule has 6 heteroatoms. The van der Waals surface area contributed by atoms with Crippen molar-refractivity contribution in [1.82, 2.24) is 16.0 Å². The summed E-state index contributed by atoms with van der Waals surface area (Å²) in [5, 5.41) is 7.93. The normalized spacial score (nSPS) is 11.5. The molecule has 0 aliphatic carbocycles. The second kappa shape index (κ2) is 9.39. The lowest BCUT2D eigenvalue weighted by atomic mass is 9.98. The highest BCUT2D eigenvalue weighted by Crippen LogP contribution is 2.17. The number of amides is 3. The van der Waals surface area contributed by atoms with Crippen LogP contribution in [0.4, 0.5) is 4.79 Å². The molecule has 24 heavy (non-hydrogen) atoms. The number of hydrogen-bond donors (Lipinski definition) is 3. The number of urea groups is 1. The highest BCUT2D eigenvalue weighted by molar-refractivity contribution is 5.83. The molecule has 0 bridgehead atoms. The van der Waals surface area contributed by atoms with E-state index in [1.54, 1.807) is 18.4 Å². The molecule has 0 radical (unpaired) electrons. The molecule has 1 aromatic heterocycles. The lowest BCUT2D eigenvalue weighted by Gasteiger charge is -2.12. The number of benzene rings is 1. The van der Waals surface area contributed by atoms with Gasteiger partial charge in [-0.2, -0.15) is 0 Å². The fourth-order valence-electron chi connectivity index (χ4n) is 2.24. The van der Waals surface area contributed by atoms with Crippen molar-refractivity contribution in [3.8, 4) is 0 Å². The first-order chi connectivity index (χ1) is 11.6. The Morgan fingerprint density at radius 1 is 1.04 bits per heavy atom. The van der Waals surface area contributed by atoms with Crippen molar-refractivity contribution in [3.05, 3.63) is 60.1 Å². The second-order valence-electron chi connectivity index (χ2n) is 5.57. The summed E-state index contributed by atoms with van der Waals surface area (Å²) in [6, 6.07) is 13.3. The maximum atomic E-state index is 11.7. The van der Waals surface area contributed by atoms with Gasteiger partial charge in [0.15, 0.2) is 0 Å². The molecule has 1 aromatic carbocycles. The standard InChI is InChI=1S/C18H23N3O3/c1-14(15-6-3-2-4-7-15)9-10-19-17(22)13-21-18(23)20-12-16-8-5-11-24-16/h2-8,11,14H,9-10,12-13H2,1H3,(H,19,22)(H2,20,21,23)/t14-/m0/s1. The van der Waals surface area contributed by atoms with Crippen molar-refractivity contribution in [1.29, 1.82) is 0 Å². The molecule has 1 atom stereocenters. The fraction of sp³-hybridized carbons (Fsp3) is 0.333. The number of hydrogen-bond acceptors (Lipinski definition) is 3. The van der Waals surface area contributed by atoms with Gasteiger partial charge < -0.3 is 20.4 Å². The smallest absolute Gasteiger partial charge is 0.315 e. The van der Waals surface area contributed by atoms with Crippen LogP contribution in [-0.4, -0.2) is 25.0 Å². The van der Waals surface area contributed by atoms with E-state index in [9.17, 15) is 9.59 Å². The van der Waals surface area contributed by atoms with Crippen LogP contribution in [-0.2, 0) is 11.3 Å². The Balaban J connectivity index is 1.57. The van der Waals surface area contributed by atoms with Gasteiger partial charge in [-0.05, 0) is 30.0 Å². The second-order valence-corrected chi connectivity index (χ2v) is 5.57. The highest BCUT2D eigenvalue weighted by Gasteiger charge is 2.08. The van der Waals surface area contributed by atoms with E-state index in [-0.39, 0.29) is 19.0 Å². The first-order valence-corrected chi connectivity index (χ1v) is 8.01. The van der Waals surface area contributed by atoms with Gasteiger partial charge in [-0.25, -0.2) is 4.79 Å². The van der Waals surface area contributed by atoms with Gasteiger partial charge in [0.2, 0.25) is 5.91 Å². The Hall–Kier alpha value is -2.76. The molecule has 0 aliphatic rings. The third-order valence-electron chi connectivity index (χ3n) is 3.68. The van der Waals surface area contributed by atoms with Crippen LogP contribution in [0.25, 0.3) is 0 Å². The summed E-state index contributed by atoms with van der Waals surface area (Å²) in [6.07, 6.45) is 2.39. The van der Waals surface area contributed by atoms with E-state index in [0.717, 1.165) is 6.42 Å². The monoisotopic (exact) mass is 329 g/mol. The lowest BCUT2D eigenvalue weighted by Crippen LogP contribution is -2.42. The van der Waals surface area contributed by atoms with Gasteiger partial charge in [-0.15, -0.1) is 0 Å². The molecule has 2 aromatic rings. The van der Waals surface area contributed by atoms with Crippen LogP contribution in [0.2, 0.25) is 0 Å². The molecule has 0 spiro atoms. The molecule has 0 saturated heterocycles. The van der Waals surface area contributed by atoms with Crippen molar-refractivity contribution >= 4 is 11.9 Å². The number of carbonyl (C=O) groups excluding carboxylic acids is 2. The average molecular weight is 329 g/mol. The Labute approximate surface area is 141 Å². The van der Waals surface area contributed by atoms with Gasteiger partial charge in [-0.1, -0.05) is 37.3 Å². The number of rotatable bonds is 8. The summed E-state index contributed by atoms with van der Waals surface area (Å²) in [5.41, 5.74) is 1.25. The molecule has 128 valence electrons. The summed E-state index contributed by atoms with van der Waals surface area (Å²) in [7, 11) is 0. The summed E-state index contributed by atoms with van der Waals surface area (Å²) < 4.78 is 5.10. The summed E-state index contributed by atoms with van der Waals surface area (Å²) in [4.78, 5) is 23.3. The van der Waals surface area contributed by atoms with E-state index >= 15 is 0 Å². The largest absolute Gasteiger partial charge is 0.467 e. The molecule has 0 saturated carbocycles. The predicted octanol–water partition coefficient (Wildman–Crippen LogP) is 2.39. The minimum absolute atomic E-state index is 0.0519. The summed E-state index contributed by atoms with van der Waals surface area (Å²) >= 11 is 0. The van der Waals surface area contributed by atoms with Gasteiger partial charge >= 0.3 is 6.03 Å². The van der Waals surface area contributed by atoms with Crippen LogP contribution in [0.3, 0.4) is 0 Å². The third kappa shape index (κ3) is 6.16. The van der Waals surface area contributed by atoms with Crippen molar-refractivity contribution in [2.24, 2.45) is 0 Å². The molecule has 6 nitrogen and oxygen atoms in total. The first kappa shape index (κ1) is 17.6. The topological polar surface area (TPSA) is 83.4 Å². The van der Waals surface area contributed by atoms with E-state index < -0.39 is 6.03 Å². The summed E-state index contributed by atoms with van der Waals surface area (Å²) in [6.45, 7) is 2.94. The minimum atomic E-state index is -0.404. The van der Waals surface area contributed by atoms with Crippen LogP contribution >= 0.6 is 0 Å². The van der Waals surface area contributed by atoms with E-state index in [0.29, 0.717) is 18.2 Å². The van der Waals surface area contributed by atoms with Crippen molar-refractivity contribution < 1.29 is 14.0 Å². The minimum Gasteiger partial charge on any atom is -0.467 e. The molecule has 3 amide bonds. The summed E-state index contributed by atoms with van der Waals surface area (Å²) in [5.74, 6) is 0.823. The van der Waals surface area contributed by atoms with Crippen molar-refractivity contribution in [2.45, 2.75) is 25.8 Å².